The van der Waals surface area contributed by atoms with E-state index in [0.29, 0.717) is 0 Å². The van der Waals surface area contributed by atoms with Gasteiger partial charge in [-0.3, -0.25) is 0 Å². The molecule has 0 amide bonds. The molecule has 134 valence electrons. The summed E-state index contributed by atoms with van der Waals surface area (Å²) in [6, 6.07) is 24.0. The second-order valence-corrected chi connectivity index (χ2v) is 6.48. The van der Waals surface area contributed by atoms with Crippen LogP contribution >= 0.6 is 0 Å². The zero-order chi connectivity index (χ0) is 18.6. The van der Waals surface area contributed by atoms with Gasteiger partial charge in [-0.05, 0) is 41.6 Å². The van der Waals surface area contributed by atoms with Crippen LogP contribution in [-0.4, -0.2) is 0 Å². The number of rotatable bonds is 0. The Hall–Kier alpha value is -3.12. The van der Waals surface area contributed by atoms with Crippen molar-refractivity contribution >= 4 is 0 Å². The highest BCUT2D eigenvalue weighted by molar-refractivity contribution is 5.62. The molecule has 2 aromatic rings. The summed E-state index contributed by atoms with van der Waals surface area (Å²) in [5.74, 6) is 0. The Morgan fingerprint density at radius 2 is 0.741 bits per heavy atom. The second-order valence-electron chi connectivity index (χ2n) is 6.48. The number of benzene rings is 2. The van der Waals surface area contributed by atoms with E-state index >= 15 is 0 Å². The van der Waals surface area contributed by atoms with E-state index in [2.05, 4.69) is 48.6 Å². The van der Waals surface area contributed by atoms with Gasteiger partial charge in [-0.1, -0.05) is 121 Å². The van der Waals surface area contributed by atoms with E-state index < -0.39 is 0 Å². The third-order valence-corrected chi connectivity index (χ3v) is 4.47. The van der Waals surface area contributed by atoms with Crippen molar-refractivity contribution in [3.05, 3.63) is 144 Å². The Balaban J connectivity index is 0.000000144. The molecule has 0 heterocycles. The van der Waals surface area contributed by atoms with Crippen LogP contribution in [-0.2, 0) is 0 Å². The molecule has 0 nitrogen and oxygen atoms in total. The third-order valence-electron chi connectivity index (χ3n) is 4.47. The quantitative estimate of drug-likeness (QED) is 0.464. The lowest BCUT2D eigenvalue weighted by Crippen LogP contribution is -1.82. The van der Waals surface area contributed by atoms with E-state index in [1.165, 1.54) is 17.6 Å². The summed E-state index contributed by atoms with van der Waals surface area (Å²) >= 11 is 0. The van der Waals surface area contributed by atoms with E-state index in [-0.39, 0.29) is 0 Å². The summed E-state index contributed by atoms with van der Waals surface area (Å²) in [5, 5.41) is 0. The fraction of sp³-hybridized carbons (Fsp3) is 0.111. The fourth-order valence-corrected chi connectivity index (χ4v) is 2.99. The molecule has 0 saturated heterocycles. The van der Waals surface area contributed by atoms with Gasteiger partial charge in [0, 0.05) is 0 Å². The highest BCUT2D eigenvalue weighted by atomic mass is 14.3. The van der Waals surface area contributed by atoms with E-state index in [4.69, 9.17) is 0 Å². The highest BCUT2D eigenvalue weighted by Crippen LogP contribution is 2.45. The predicted octanol–water partition coefficient (Wildman–Crippen LogP) is 7.39. The van der Waals surface area contributed by atoms with Gasteiger partial charge in [0.05, 0.1) is 0 Å². The lowest BCUT2D eigenvalue weighted by Gasteiger charge is -2.01. The van der Waals surface area contributed by atoms with Crippen molar-refractivity contribution in [2.75, 3.05) is 0 Å². The smallest absolute Gasteiger partial charge is 0.00142 e. The fourth-order valence-electron chi connectivity index (χ4n) is 2.99. The van der Waals surface area contributed by atoms with Gasteiger partial charge >= 0.3 is 0 Å². The molecule has 27 heavy (non-hydrogen) atoms. The van der Waals surface area contributed by atoms with E-state index in [9.17, 15) is 0 Å². The second kappa shape index (κ2) is 10.8. The molecule has 2 aromatic carbocycles. The predicted molar refractivity (Wildman–Crippen MR) is 117 cm³/mol. The zero-order valence-electron chi connectivity index (χ0n) is 15.7. The number of hydrogen-bond acceptors (Lipinski definition) is 0. The molecule has 1 saturated carbocycles. The van der Waals surface area contributed by atoms with Crippen molar-refractivity contribution in [2.45, 2.75) is 19.3 Å². The number of allylic oxidation sites excluding steroid dienone is 12. The minimum atomic E-state index is 1.11. The lowest BCUT2D eigenvalue weighted by molar-refractivity contribution is 1.24. The average molecular weight is 351 g/mol. The maximum absolute atomic E-state index is 2.26. The summed E-state index contributed by atoms with van der Waals surface area (Å²) in [6.07, 6.45) is 21.0. The molecule has 0 unspecified atom stereocenters. The summed E-state index contributed by atoms with van der Waals surface area (Å²) in [7, 11) is 0. The Morgan fingerprint density at radius 3 is 1.00 bits per heavy atom. The maximum Gasteiger partial charge on any atom is -0.00142 e. The zero-order valence-corrected chi connectivity index (χ0v) is 15.7. The van der Waals surface area contributed by atoms with Crippen molar-refractivity contribution in [2.24, 2.45) is 0 Å². The van der Waals surface area contributed by atoms with Crippen molar-refractivity contribution < 1.29 is 0 Å². The Bertz CT molecular complexity index is 743. The van der Waals surface area contributed by atoms with Crippen molar-refractivity contribution in [3.8, 4) is 0 Å². The first-order valence-corrected chi connectivity index (χ1v) is 9.56. The summed E-state index contributed by atoms with van der Waals surface area (Å²) < 4.78 is 0. The normalized spacial score (nSPS) is 21.6. The van der Waals surface area contributed by atoms with Crippen LogP contribution in [0, 0.1) is 0 Å². The molecule has 0 aliphatic heterocycles. The van der Waals surface area contributed by atoms with Gasteiger partial charge in [-0.15, -0.1) is 0 Å². The van der Waals surface area contributed by atoms with Gasteiger partial charge in [-0.2, -0.15) is 0 Å². The molecular formula is C27H26. The van der Waals surface area contributed by atoms with Gasteiger partial charge in [0.25, 0.3) is 0 Å². The largest absolute Gasteiger partial charge is 0.0801 e. The topological polar surface area (TPSA) is 0 Å². The molecule has 3 aliphatic carbocycles. The summed E-state index contributed by atoms with van der Waals surface area (Å²) in [5.41, 5.74) is 6.21. The van der Waals surface area contributed by atoms with Crippen LogP contribution in [0.4, 0.5) is 0 Å². The standard InChI is InChI=1S/C15H14.2C6H6/c1-3-7-12(8-4-1)14-11-15(14)13-9-5-2-6-10-13;2*1-2-4-6-5-3-1/h1-7,9H,8,10-11H2;2*1-6H/b14-12+,15-13+;;. The molecule has 0 heteroatoms. The first-order valence-electron chi connectivity index (χ1n) is 9.56. The van der Waals surface area contributed by atoms with E-state index in [1.807, 2.05) is 72.8 Å². The Labute approximate surface area is 163 Å². The van der Waals surface area contributed by atoms with E-state index in [1.54, 1.807) is 11.1 Å². The van der Waals surface area contributed by atoms with Crippen LogP contribution in [0.1, 0.15) is 19.3 Å². The van der Waals surface area contributed by atoms with Crippen molar-refractivity contribution in [1.82, 2.24) is 0 Å². The van der Waals surface area contributed by atoms with Crippen molar-refractivity contribution in [1.29, 1.82) is 0 Å². The van der Waals surface area contributed by atoms with Crippen LogP contribution in [0.5, 0.6) is 0 Å². The van der Waals surface area contributed by atoms with Crippen LogP contribution in [0.3, 0.4) is 0 Å². The summed E-state index contributed by atoms with van der Waals surface area (Å²) in [6.45, 7) is 0. The molecule has 0 N–H and O–H groups in total. The van der Waals surface area contributed by atoms with Crippen LogP contribution in [0.25, 0.3) is 0 Å². The van der Waals surface area contributed by atoms with Gasteiger partial charge in [0.1, 0.15) is 0 Å². The monoisotopic (exact) mass is 350 g/mol. The molecule has 3 aliphatic rings. The van der Waals surface area contributed by atoms with Gasteiger partial charge in [-0.25, -0.2) is 0 Å². The molecule has 0 aromatic heterocycles. The van der Waals surface area contributed by atoms with Gasteiger partial charge < -0.3 is 0 Å². The summed E-state index contributed by atoms with van der Waals surface area (Å²) in [4.78, 5) is 0. The average Bonchev–Trinajstić information content (AvgIpc) is 3.59. The molecule has 0 radical (unpaired) electrons. The van der Waals surface area contributed by atoms with E-state index in [0.717, 1.165) is 12.8 Å². The first kappa shape index (κ1) is 18.7. The minimum Gasteiger partial charge on any atom is -0.0801 e. The van der Waals surface area contributed by atoms with Crippen LogP contribution < -0.4 is 0 Å². The van der Waals surface area contributed by atoms with Crippen LogP contribution in [0.15, 0.2) is 144 Å². The van der Waals surface area contributed by atoms with Crippen LogP contribution in [0.2, 0.25) is 0 Å². The SMILES string of the molecule is C1=CC/C(=C2\C\C2=C2\C=CC=CC2)C=C1.c1ccccc1.c1ccccc1. The third kappa shape index (κ3) is 6.60. The molecular weight excluding hydrogens is 324 g/mol. The minimum absolute atomic E-state index is 1.11. The first-order chi connectivity index (χ1) is 13.4. The maximum atomic E-state index is 2.26. The molecule has 0 atom stereocenters. The highest BCUT2D eigenvalue weighted by Gasteiger charge is 2.26. The molecule has 5 rings (SSSR count). The van der Waals surface area contributed by atoms with Gasteiger partial charge in [0.2, 0.25) is 0 Å². The Morgan fingerprint density at radius 1 is 0.407 bits per heavy atom. The Kier molecular flexibility index (Phi) is 7.45. The molecule has 0 spiro atoms. The van der Waals surface area contributed by atoms with Crippen molar-refractivity contribution in [3.63, 3.8) is 0 Å². The molecule has 0 bridgehead atoms. The number of hydrogen-bond donors (Lipinski definition) is 0. The lowest BCUT2D eigenvalue weighted by atomic mass is 10.0. The molecule has 1 fully saturated rings. The van der Waals surface area contributed by atoms with Gasteiger partial charge in [0.15, 0.2) is 0 Å².